The first kappa shape index (κ1) is 22.6. The molecular weight excluding hydrogens is 410 g/mol. The molecule has 2 bridgehead atoms. The van der Waals surface area contributed by atoms with Gasteiger partial charge in [0.05, 0.1) is 22.2 Å². The number of methoxy groups -OCH3 is 1. The third kappa shape index (κ3) is 4.46. The minimum absolute atomic E-state index is 0.236. The third-order valence-corrected chi connectivity index (χ3v) is 8.25. The van der Waals surface area contributed by atoms with Crippen LogP contribution in [0.1, 0.15) is 56.3 Å². The van der Waals surface area contributed by atoms with Gasteiger partial charge in [0.15, 0.2) is 0 Å². The molecule has 0 amide bonds. The van der Waals surface area contributed by atoms with E-state index in [1.54, 1.807) is 0 Å². The predicted molar refractivity (Wildman–Crippen MR) is 132 cm³/mol. The molecule has 0 radical (unpaired) electrons. The van der Waals surface area contributed by atoms with Gasteiger partial charge in [-0.1, -0.05) is 42.5 Å². The van der Waals surface area contributed by atoms with Gasteiger partial charge in [-0.15, -0.1) is 0 Å². The van der Waals surface area contributed by atoms with Crippen LogP contribution in [0.3, 0.4) is 0 Å². The van der Waals surface area contributed by atoms with Gasteiger partial charge in [0, 0.05) is 13.5 Å². The number of imidazole rings is 1. The molecule has 176 valence electrons. The van der Waals surface area contributed by atoms with E-state index < -0.39 is 5.60 Å². The van der Waals surface area contributed by atoms with Crippen LogP contribution in [0.2, 0.25) is 0 Å². The van der Waals surface area contributed by atoms with Crippen LogP contribution in [0.15, 0.2) is 54.6 Å². The number of nitrogens with one attached hydrogen (secondary N) is 2. The minimum atomic E-state index is -0.568. The zero-order valence-corrected chi connectivity index (χ0v) is 19.7. The van der Waals surface area contributed by atoms with Crippen LogP contribution in [-0.2, 0) is 16.8 Å². The van der Waals surface area contributed by atoms with E-state index in [2.05, 4.69) is 57.7 Å². The molecule has 3 aliphatic rings. The molecule has 1 heterocycles. The second kappa shape index (κ2) is 9.57. The topological polar surface area (TPSA) is 70.2 Å². The van der Waals surface area contributed by atoms with E-state index in [0.717, 1.165) is 81.3 Å². The lowest BCUT2D eigenvalue weighted by molar-refractivity contribution is -0.206. The summed E-state index contributed by atoms with van der Waals surface area (Å²) in [6, 6.07) is 18.8. The Labute approximate surface area is 197 Å². The zero-order valence-electron chi connectivity index (χ0n) is 19.7. The average molecular weight is 448 g/mol. The Bertz CT molecular complexity index is 1020. The SMILES string of the molecule is CO[C@@]1(c2ccccc2)C[C@@H]2CC[C@H]1C[C@]2(O)CCNCCCCc1nc2ccccc2[nH]1. The summed E-state index contributed by atoms with van der Waals surface area (Å²) < 4.78 is 6.18. The lowest BCUT2D eigenvalue weighted by atomic mass is 9.53. The molecule has 1 aromatic heterocycles. The zero-order chi connectivity index (χ0) is 22.7. The molecule has 3 fully saturated rings. The summed E-state index contributed by atoms with van der Waals surface area (Å²) in [5.41, 5.74) is 2.63. The lowest BCUT2D eigenvalue weighted by Crippen LogP contribution is -2.58. The number of hydrogen-bond acceptors (Lipinski definition) is 4. The number of nitrogens with zero attached hydrogens (tertiary/aromatic N) is 1. The molecule has 0 spiro atoms. The number of rotatable bonds is 10. The van der Waals surface area contributed by atoms with Crippen molar-refractivity contribution in [2.24, 2.45) is 11.8 Å². The van der Waals surface area contributed by atoms with Gasteiger partial charge in [0.1, 0.15) is 5.82 Å². The highest BCUT2D eigenvalue weighted by atomic mass is 16.5. The Morgan fingerprint density at radius 1 is 1.00 bits per heavy atom. The Morgan fingerprint density at radius 2 is 1.79 bits per heavy atom. The van der Waals surface area contributed by atoms with Crippen molar-refractivity contribution in [1.82, 2.24) is 15.3 Å². The molecule has 3 saturated carbocycles. The quantitative estimate of drug-likeness (QED) is 0.384. The van der Waals surface area contributed by atoms with Crippen molar-refractivity contribution in [1.29, 1.82) is 0 Å². The van der Waals surface area contributed by atoms with E-state index in [9.17, 15) is 5.11 Å². The highest BCUT2D eigenvalue weighted by molar-refractivity contribution is 5.74. The summed E-state index contributed by atoms with van der Waals surface area (Å²) in [7, 11) is 1.85. The number of unbranched alkanes of at least 4 members (excludes halogenated alkanes) is 1. The van der Waals surface area contributed by atoms with Crippen molar-refractivity contribution in [3.63, 3.8) is 0 Å². The maximum Gasteiger partial charge on any atom is 0.107 e. The van der Waals surface area contributed by atoms with Crippen molar-refractivity contribution in [3.05, 3.63) is 66.0 Å². The fourth-order valence-corrected chi connectivity index (χ4v) is 6.43. The van der Waals surface area contributed by atoms with Crippen molar-refractivity contribution < 1.29 is 9.84 Å². The van der Waals surface area contributed by atoms with Crippen LogP contribution in [0.5, 0.6) is 0 Å². The van der Waals surface area contributed by atoms with Gasteiger partial charge in [-0.2, -0.15) is 0 Å². The number of aromatic nitrogens is 2. The van der Waals surface area contributed by atoms with Crippen LogP contribution < -0.4 is 5.32 Å². The number of ether oxygens (including phenoxy) is 1. The van der Waals surface area contributed by atoms with Gasteiger partial charge < -0.3 is 20.1 Å². The number of H-pyrrole nitrogens is 1. The first-order chi connectivity index (χ1) is 16.1. The van der Waals surface area contributed by atoms with Gasteiger partial charge in [-0.05, 0) is 87.6 Å². The summed E-state index contributed by atoms with van der Waals surface area (Å²) in [5, 5.41) is 15.1. The summed E-state index contributed by atoms with van der Waals surface area (Å²) in [4.78, 5) is 8.07. The highest BCUT2D eigenvalue weighted by Gasteiger charge is 2.57. The van der Waals surface area contributed by atoms with Gasteiger partial charge >= 0.3 is 0 Å². The fourth-order valence-electron chi connectivity index (χ4n) is 6.43. The maximum absolute atomic E-state index is 11.5. The maximum atomic E-state index is 11.5. The summed E-state index contributed by atoms with van der Waals surface area (Å²) in [5.74, 6) is 1.75. The van der Waals surface area contributed by atoms with E-state index in [1.807, 2.05) is 19.2 Å². The van der Waals surface area contributed by atoms with Gasteiger partial charge in [0.25, 0.3) is 0 Å². The van der Waals surface area contributed by atoms with Gasteiger partial charge in [-0.3, -0.25) is 0 Å². The van der Waals surface area contributed by atoms with E-state index in [0.29, 0.717) is 11.8 Å². The van der Waals surface area contributed by atoms with Crippen molar-refractivity contribution in [2.45, 2.75) is 62.6 Å². The Balaban J connectivity index is 1.07. The molecule has 0 aliphatic heterocycles. The second-order valence-corrected chi connectivity index (χ2v) is 10.1. The van der Waals surface area contributed by atoms with E-state index in [1.165, 1.54) is 5.56 Å². The Kier molecular flexibility index (Phi) is 6.55. The fraction of sp³-hybridized carbons (Fsp3) is 0.536. The summed E-state index contributed by atoms with van der Waals surface area (Å²) in [6.07, 6.45) is 8.04. The van der Waals surface area contributed by atoms with E-state index >= 15 is 0 Å². The molecular formula is C28H37N3O2. The number of para-hydroxylation sites is 2. The molecule has 5 heteroatoms. The van der Waals surface area contributed by atoms with Crippen LogP contribution in [-0.4, -0.2) is 40.9 Å². The number of aliphatic hydroxyl groups is 1. The molecule has 6 rings (SSSR count). The van der Waals surface area contributed by atoms with Crippen molar-refractivity contribution >= 4 is 11.0 Å². The largest absolute Gasteiger partial charge is 0.390 e. The highest BCUT2D eigenvalue weighted by Crippen LogP contribution is 2.58. The third-order valence-electron chi connectivity index (χ3n) is 8.25. The summed E-state index contributed by atoms with van der Waals surface area (Å²) in [6.45, 7) is 1.85. The second-order valence-electron chi connectivity index (χ2n) is 10.1. The molecule has 0 unspecified atom stereocenters. The number of benzene rings is 2. The molecule has 33 heavy (non-hydrogen) atoms. The monoisotopic (exact) mass is 447 g/mol. The lowest BCUT2D eigenvalue weighted by Gasteiger charge is -2.58. The van der Waals surface area contributed by atoms with Crippen LogP contribution >= 0.6 is 0 Å². The van der Waals surface area contributed by atoms with Crippen molar-refractivity contribution in [3.8, 4) is 0 Å². The predicted octanol–water partition coefficient (Wildman–Crippen LogP) is 4.96. The normalized spacial score (nSPS) is 29.0. The Hall–Kier alpha value is -2.21. The number of aromatic amines is 1. The van der Waals surface area contributed by atoms with Crippen molar-refractivity contribution in [2.75, 3.05) is 20.2 Å². The van der Waals surface area contributed by atoms with Crippen LogP contribution in [0.25, 0.3) is 11.0 Å². The molecule has 5 nitrogen and oxygen atoms in total. The first-order valence-corrected chi connectivity index (χ1v) is 12.6. The van der Waals surface area contributed by atoms with Gasteiger partial charge in [-0.25, -0.2) is 4.98 Å². The van der Waals surface area contributed by atoms with Crippen LogP contribution in [0.4, 0.5) is 0 Å². The molecule has 3 aromatic rings. The molecule has 3 aliphatic carbocycles. The number of hydrogen-bond donors (Lipinski definition) is 3. The average Bonchev–Trinajstić information content (AvgIpc) is 3.27. The Morgan fingerprint density at radius 3 is 2.55 bits per heavy atom. The molecule has 2 aromatic carbocycles. The smallest absolute Gasteiger partial charge is 0.107 e. The summed E-state index contributed by atoms with van der Waals surface area (Å²) >= 11 is 0. The minimum Gasteiger partial charge on any atom is -0.390 e. The van der Waals surface area contributed by atoms with Crippen LogP contribution in [0, 0.1) is 11.8 Å². The molecule has 0 saturated heterocycles. The number of aryl methyl sites for hydroxylation is 1. The first-order valence-electron chi connectivity index (χ1n) is 12.6. The van der Waals surface area contributed by atoms with Gasteiger partial charge in [0.2, 0.25) is 0 Å². The molecule has 3 N–H and O–H groups in total. The van der Waals surface area contributed by atoms with E-state index in [4.69, 9.17) is 4.74 Å². The molecule has 4 atom stereocenters. The van der Waals surface area contributed by atoms with E-state index in [-0.39, 0.29) is 5.60 Å². The standard InChI is InChI=1S/C28H37N3O2/c1-33-28(21-9-3-2-4-10-21)20-22-14-15-23(28)19-27(22,32)16-18-29-17-8-7-13-26-30-24-11-5-6-12-25(24)31-26/h2-6,9-12,22-23,29,32H,7-8,13-20H2,1H3,(H,30,31)/t22-,23-,27+,28+/m0/s1. The number of fused-ring (bicyclic) bond motifs is 4.